The summed E-state index contributed by atoms with van der Waals surface area (Å²) in [5.41, 5.74) is 5.31. The molecule has 0 spiro atoms. The molecule has 0 aliphatic carbocycles. The van der Waals surface area contributed by atoms with E-state index >= 15 is 0 Å². The maximum atomic E-state index is 14.3. The maximum Gasteiger partial charge on any atom is 0.325 e. The highest BCUT2D eigenvalue weighted by Gasteiger charge is 2.45. The molecule has 2 aliphatic rings. The van der Waals surface area contributed by atoms with Crippen molar-refractivity contribution >= 4 is 50.1 Å². The van der Waals surface area contributed by atoms with Crippen molar-refractivity contribution in [2.75, 3.05) is 11.9 Å². The molecule has 8 nitrogen and oxygen atoms in total. The highest BCUT2D eigenvalue weighted by atomic mass is 32.2. The van der Waals surface area contributed by atoms with E-state index in [2.05, 4.69) is 41.7 Å². The van der Waals surface area contributed by atoms with Crippen molar-refractivity contribution in [3.05, 3.63) is 209 Å². The summed E-state index contributed by atoms with van der Waals surface area (Å²) in [5, 5.41) is 3.75. The molecular weight excluding hydrogens is 801 g/mol. The van der Waals surface area contributed by atoms with Crippen LogP contribution in [0.5, 0.6) is 0 Å². The Bertz CT molecular complexity index is 2700. The Balaban J connectivity index is 1.03. The van der Waals surface area contributed by atoms with Gasteiger partial charge in [-0.3, -0.25) is 9.59 Å². The highest BCUT2D eigenvalue weighted by molar-refractivity contribution is 7.99. The largest absolute Gasteiger partial charge is 0.449 e. The molecule has 0 aromatic heterocycles. The second-order valence-electron chi connectivity index (χ2n) is 15.4. The Morgan fingerprint density at radius 2 is 1.36 bits per heavy atom. The smallest absolute Gasteiger partial charge is 0.325 e. The number of fused-ring (bicyclic) bond motifs is 2. The van der Waals surface area contributed by atoms with Crippen molar-refractivity contribution in [3.63, 3.8) is 0 Å². The molecule has 10 heteroatoms. The molecule has 306 valence electrons. The van der Waals surface area contributed by atoms with Gasteiger partial charge in [0.25, 0.3) is 5.91 Å². The van der Waals surface area contributed by atoms with Crippen LogP contribution in [0.1, 0.15) is 51.5 Å². The lowest BCUT2D eigenvalue weighted by molar-refractivity contribution is -0.157. The molecular formula is C51H44N2O6S2. The standard InChI is InChI=1S/C51H44N2O6S2/c1-35-26-29-38(30-27-35)48-47(59-50(55)44-24-14-32-53(44)61(56,57)46-25-13-16-37-15-11-12-23-42(37)46)49(54)52-43-31-28-36(33-45(43)60-48)34-58-51(39-17-5-2-6-18-39,40-19-7-3-8-20-40)41-21-9-4-10-22-41/h2-13,15-23,25-31,33,44,47-48H,14,24,32,34H2,1H3,(H,52,54)/t44-,47+,48-/m0/s1. The number of nitrogens with one attached hydrogen (secondary N) is 1. The molecule has 7 aromatic carbocycles. The van der Waals surface area contributed by atoms with Gasteiger partial charge in [-0.2, -0.15) is 4.31 Å². The first-order valence-corrected chi connectivity index (χ1v) is 22.7. The van der Waals surface area contributed by atoms with Gasteiger partial charge in [0.05, 0.1) is 22.4 Å². The second kappa shape index (κ2) is 17.1. The lowest BCUT2D eigenvalue weighted by Gasteiger charge is -2.36. The zero-order valence-corrected chi connectivity index (χ0v) is 35.1. The summed E-state index contributed by atoms with van der Waals surface area (Å²) < 4.78 is 43.1. The minimum atomic E-state index is -4.09. The summed E-state index contributed by atoms with van der Waals surface area (Å²) in [6, 6.07) is 55.6. The molecule has 1 N–H and O–H groups in total. The number of anilines is 1. The number of ether oxygens (including phenoxy) is 2. The van der Waals surface area contributed by atoms with Crippen LogP contribution in [0.2, 0.25) is 0 Å². The number of thioether (sulfide) groups is 1. The van der Waals surface area contributed by atoms with E-state index in [1.165, 1.54) is 16.1 Å². The van der Waals surface area contributed by atoms with Crippen LogP contribution >= 0.6 is 11.8 Å². The predicted molar refractivity (Wildman–Crippen MR) is 240 cm³/mol. The molecule has 1 fully saturated rings. The van der Waals surface area contributed by atoms with E-state index in [4.69, 9.17) is 9.47 Å². The monoisotopic (exact) mass is 844 g/mol. The van der Waals surface area contributed by atoms with Crippen LogP contribution in [0.25, 0.3) is 10.8 Å². The number of rotatable bonds is 11. The average molecular weight is 845 g/mol. The van der Waals surface area contributed by atoms with Crippen LogP contribution in [0, 0.1) is 6.92 Å². The number of nitrogens with zero attached hydrogens (tertiary/aromatic N) is 1. The van der Waals surface area contributed by atoms with Crippen molar-refractivity contribution in [1.29, 1.82) is 0 Å². The van der Waals surface area contributed by atoms with E-state index in [-0.39, 0.29) is 24.5 Å². The number of hydrogen-bond donors (Lipinski definition) is 1. The van der Waals surface area contributed by atoms with Crippen molar-refractivity contribution in [3.8, 4) is 0 Å². The van der Waals surface area contributed by atoms with Crippen LogP contribution in [0.3, 0.4) is 0 Å². The number of amides is 1. The van der Waals surface area contributed by atoms with Gasteiger partial charge < -0.3 is 14.8 Å². The number of carbonyl (C=O) groups excluding carboxylic acids is 2. The van der Waals surface area contributed by atoms with Gasteiger partial charge in [-0.05, 0) is 71.2 Å². The number of carbonyl (C=O) groups is 2. The Labute approximate surface area is 360 Å². The second-order valence-corrected chi connectivity index (χ2v) is 18.5. The van der Waals surface area contributed by atoms with Gasteiger partial charge in [-0.15, -0.1) is 11.8 Å². The predicted octanol–water partition coefficient (Wildman–Crippen LogP) is 10.2. The van der Waals surface area contributed by atoms with Crippen LogP contribution in [0.15, 0.2) is 186 Å². The highest BCUT2D eigenvalue weighted by Crippen LogP contribution is 2.47. The maximum absolute atomic E-state index is 14.3. The van der Waals surface area contributed by atoms with E-state index in [0.717, 1.165) is 43.7 Å². The molecule has 0 bridgehead atoms. The van der Waals surface area contributed by atoms with Gasteiger partial charge >= 0.3 is 5.97 Å². The van der Waals surface area contributed by atoms with Gasteiger partial charge in [-0.25, -0.2) is 8.42 Å². The molecule has 2 heterocycles. The van der Waals surface area contributed by atoms with E-state index in [0.29, 0.717) is 17.5 Å². The fraction of sp³-hybridized carbons (Fsp3) is 0.176. The van der Waals surface area contributed by atoms with Crippen molar-refractivity contribution < 1.29 is 27.5 Å². The van der Waals surface area contributed by atoms with Gasteiger partial charge in [0.15, 0.2) is 6.10 Å². The summed E-state index contributed by atoms with van der Waals surface area (Å²) in [7, 11) is -4.09. The van der Waals surface area contributed by atoms with E-state index in [1.54, 1.807) is 24.3 Å². The van der Waals surface area contributed by atoms with Crippen LogP contribution < -0.4 is 5.32 Å². The minimum absolute atomic E-state index is 0.134. The molecule has 61 heavy (non-hydrogen) atoms. The van der Waals surface area contributed by atoms with E-state index < -0.39 is 44.9 Å². The molecule has 0 unspecified atom stereocenters. The Hall–Kier alpha value is -6.04. The number of sulfonamides is 1. The number of hydrogen-bond acceptors (Lipinski definition) is 7. The summed E-state index contributed by atoms with van der Waals surface area (Å²) in [6.07, 6.45) is -0.510. The third-order valence-electron chi connectivity index (χ3n) is 11.5. The van der Waals surface area contributed by atoms with Crippen molar-refractivity contribution in [2.24, 2.45) is 0 Å². The Kier molecular flexibility index (Phi) is 11.3. The molecule has 1 amide bonds. The Morgan fingerprint density at radius 3 is 2.02 bits per heavy atom. The van der Waals surface area contributed by atoms with Crippen molar-refractivity contribution in [1.82, 2.24) is 4.31 Å². The molecule has 0 saturated carbocycles. The van der Waals surface area contributed by atoms with Crippen LogP contribution in [-0.4, -0.2) is 43.3 Å². The van der Waals surface area contributed by atoms with Crippen LogP contribution in [0.4, 0.5) is 5.69 Å². The number of benzene rings is 7. The quantitative estimate of drug-likeness (QED) is 0.102. The third-order valence-corrected chi connectivity index (χ3v) is 14.9. The fourth-order valence-electron chi connectivity index (χ4n) is 8.49. The van der Waals surface area contributed by atoms with Gasteiger partial charge in [0, 0.05) is 16.8 Å². The normalized spacial score (nSPS) is 18.2. The summed E-state index contributed by atoms with van der Waals surface area (Å²) in [6.45, 7) is 2.38. The lowest BCUT2D eigenvalue weighted by atomic mass is 9.80. The number of aryl methyl sites for hydroxylation is 1. The van der Waals surface area contributed by atoms with Gasteiger partial charge in [-0.1, -0.05) is 163 Å². The molecule has 7 aromatic rings. The van der Waals surface area contributed by atoms with E-state index in [1.807, 2.05) is 122 Å². The topological polar surface area (TPSA) is 102 Å². The third kappa shape index (κ3) is 7.88. The lowest BCUT2D eigenvalue weighted by Crippen LogP contribution is -2.45. The van der Waals surface area contributed by atoms with Crippen LogP contribution in [-0.2, 0) is 41.3 Å². The molecule has 1 saturated heterocycles. The number of esters is 1. The molecule has 9 rings (SSSR count). The first-order chi connectivity index (χ1) is 29.7. The molecule has 2 aliphatic heterocycles. The average Bonchev–Trinajstić information content (AvgIpc) is 3.77. The summed E-state index contributed by atoms with van der Waals surface area (Å²) in [5.74, 6) is -1.25. The first-order valence-electron chi connectivity index (χ1n) is 20.4. The summed E-state index contributed by atoms with van der Waals surface area (Å²) in [4.78, 5) is 29.5. The fourth-order valence-corrected chi connectivity index (χ4v) is 11.7. The zero-order chi connectivity index (χ0) is 42.0. The summed E-state index contributed by atoms with van der Waals surface area (Å²) >= 11 is 1.43. The van der Waals surface area contributed by atoms with Crippen molar-refractivity contribution in [2.45, 2.75) is 59.2 Å². The SMILES string of the molecule is Cc1ccc([C@@H]2Sc3cc(COC(c4ccccc4)(c4ccccc4)c4ccccc4)ccc3NC(=O)[C@@H]2OC(=O)[C@@H]2CCCN2S(=O)(=O)c2cccc3ccccc23)cc1. The molecule has 0 radical (unpaired) electrons. The minimum Gasteiger partial charge on any atom is -0.449 e. The van der Waals surface area contributed by atoms with Gasteiger partial charge in [0.2, 0.25) is 10.0 Å². The molecule has 3 atom stereocenters. The Morgan fingerprint density at radius 1 is 0.754 bits per heavy atom. The first kappa shape index (κ1) is 40.4. The van der Waals surface area contributed by atoms with E-state index in [9.17, 15) is 18.0 Å². The zero-order valence-electron chi connectivity index (χ0n) is 33.5. The van der Waals surface area contributed by atoms with Gasteiger partial charge in [0.1, 0.15) is 11.6 Å².